The van der Waals surface area contributed by atoms with Gasteiger partial charge in [-0.25, -0.2) is 4.79 Å². The maximum atomic E-state index is 12.8. The molecule has 0 spiro atoms. The van der Waals surface area contributed by atoms with E-state index in [0.29, 0.717) is 11.3 Å². The highest BCUT2D eigenvalue weighted by Crippen LogP contribution is 2.23. The van der Waals surface area contributed by atoms with Crippen LogP contribution in [-0.4, -0.2) is 60.4 Å². The van der Waals surface area contributed by atoms with Gasteiger partial charge < -0.3 is 20.4 Å². The zero-order valence-electron chi connectivity index (χ0n) is 15.2. The summed E-state index contributed by atoms with van der Waals surface area (Å²) in [6.45, 7) is 4.85. The number of anilines is 1. The van der Waals surface area contributed by atoms with Gasteiger partial charge in [0.1, 0.15) is 0 Å². The van der Waals surface area contributed by atoms with E-state index >= 15 is 0 Å². The van der Waals surface area contributed by atoms with Crippen molar-refractivity contribution < 1.29 is 14.4 Å². The number of nitrogens with one attached hydrogen (secondary N) is 2. The van der Waals surface area contributed by atoms with Crippen molar-refractivity contribution in [3.63, 3.8) is 0 Å². The van der Waals surface area contributed by atoms with E-state index in [9.17, 15) is 14.4 Å². The Morgan fingerprint density at radius 2 is 1.58 bits per heavy atom. The van der Waals surface area contributed by atoms with Crippen molar-refractivity contribution in [2.24, 2.45) is 0 Å². The zero-order chi connectivity index (χ0) is 18.5. The molecule has 140 valence electrons. The molecule has 2 N–H and O–H groups in total. The minimum atomic E-state index is -0.474. The summed E-state index contributed by atoms with van der Waals surface area (Å²) in [6.07, 6.45) is 4.06. The fourth-order valence-corrected chi connectivity index (χ4v) is 3.53. The highest BCUT2D eigenvalue weighted by molar-refractivity contribution is 6.05. The second-order valence-corrected chi connectivity index (χ2v) is 6.89. The normalized spacial score (nSPS) is 16.7. The number of aryl methyl sites for hydroxylation is 1. The van der Waals surface area contributed by atoms with Crippen molar-refractivity contribution in [1.29, 1.82) is 0 Å². The number of amides is 4. The molecular weight excluding hydrogens is 332 g/mol. The zero-order valence-corrected chi connectivity index (χ0v) is 15.2. The molecule has 7 heteroatoms. The fraction of sp³-hybridized carbons (Fsp3) is 0.526. The van der Waals surface area contributed by atoms with Gasteiger partial charge in [-0.2, -0.15) is 0 Å². The Morgan fingerprint density at radius 3 is 2.23 bits per heavy atom. The predicted octanol–water partition coefficient (Wildman–Crippen LogP) is 1.97. The predicted molar refractivity (Wildman–Crippen MR) is 99.2 cm³/mol. The molecule has 2 aliphatic rings. The van der Waals surface area contributed by atoms with Gasteiger partial charge in [-0.1, -0.05) is 12.1 Å². The molecule has 7 nitrogen and oxygen atoms in total. The van der Waals surface area contributed by atoms with E-state index in [1.54, 1.807) is 17.0 Å². The standard InChI is InChI=1S/C19H26N4O3/c1-14-7-6-8-15(17(14)18(25)23-11-4-5-12-23)21-19(26)20-13-16(24)22-9-2-3-10-22/h6-8H,2-5,9-13H2,1H3,(H2,20,21,26). The van der Waals surface area contributed by atoms with E-state index in [4.69, 9.17) is 0 Å². The molecule has 2 heterocycles. The average molecular weight is 358 g/mol. The Labute approximate surface area is 153 Å². The Hall–Kier alpha value is -2.57. The molecule has 3 rings (SSSR count). The van der Waals surface area contributed by atoms with Crippen molar-refractivity contribution in [3.05, 3.63) is 29.3 Å². The van der Waals surface area contributed by atoms with Crippen molar-refractivity contribution in [1.82, 2.24) is 15.1 Å². The molecule has 0 saturated carbocycles. The molecule has 0 radical (unpaired) electrons. The third-order valence-corrected chi connectivity index (χ3v) is 4.99. The van der Waals surface area contributed by atoms with Crippen LogP contribution in [0.15, 0.2) is 18.2 Å². The second-order valence-electron chi connectivity index (χ2n) is 6.89. The summed E-state index contributed by atoms with van der Waals surface area (Å²) >= 11 is 0. The Balaban J connectivity index is 1.63. The van der Waals surface area contributed by atoms with Crippen LogP contribution in [-0.2, 0) is 4.79 Å². The van der Waals surface area contributed by atoms with E-state index in [1.165, 1.54) is 0 Å². The van der Waals surface area contributed by atoms with E-state index in [-0.39, 0.29) is 18.4 Å². The van der Waals surface area contributed by atoms with Gasteiger partial charge in [-0.3, -0.25) is 9.59 Å². The van der Waals surface area contributed by atoms with Crippen LogP contribution in [0.1, 0.15) is 41.6 Å². The van der Waals surface area contributed by atoms with E-state index in [0.717, 1.165) is 57.4 Å². The minimum Gasteiger partial charge on any atom is -0.341 e. The summed E-state index contributed by atoms with van der Waals surface area (Å²) in [5.41, 5.74) is 1.83. The van der Waals surface area contributed by atoms with Crippen molar-refractivity contribution in [3.8, 4) is 0 Å². The highest BCUT2D eigenvalue weighted by Gasteiger charge is 2.24. The number of hydrogen-bond acceptors (Lipinski definition) is 3. The summed E-state index contributed by atoms with van der Waals surface area (Å²) in [5, 5.41) is 5.33. The second kappa shape index (κ2) is 8.21. The number of benzene rings is 1. The molecule has 1 aromatic carbocycles. The van der Waals surface area contributed by atoms with Crippen molar-refractivity contribution in [2.45, 2.75) is 32.6 Å². The van der Waals surface area contributed by atoms with Crippen LogP contribution >= 0.6 is 0 Å². The summed E-state index contributed by atoms with van der Waals surface area (Å²) in [5.74, 6) is -0.126. The number of rotatable bonds is 4. The van der Waals surface area contributed by atoms with Gasteiger partial charge >= 0.3 is 6.03 Å². The lowest BCUT2D eigenvalue weighted by Crippen LogP contribution is -2.40. The van der Waals surface area contributed by atoms with E-state index < -0.39 is 6.03 Å². The topological polar surface area (TPSA) is 81.8 Å². The van der Waals surface area contributed by atoms with Crippen LogP contribution < -0.4 is 10.6 Å². The molecule has 0 aliphatic carbocycles. The summed E-state index contributed by atoms with van der Waals surface area (Å²) in [6, 6.07) is 4.92. The Morgan fingerprint density at radius 1 is 0.962 bits per heavy atom. The molecule has 1 aromatic rings. The minimum absolute atomic E-state index is 0.0347. The van der Waals surface area contributed by atoms with E-state index in [2.05, 4.69) is 10.6 Å². The lowest BCUT2D eigenvalue weighted by atomic mass is 10.1. The van der Waals surface area contributed by atoms with Crippen LogP contribution in [0.4, 0.5) is 10.5 Å². The summed E-state index contributed by atoms with van der Waals surface area (Å²) < 4.78 is 0. The summed E-state index contributed by atoms with van der Waals surface area (Å²) in [4.78, 5) is 40.6. The SMILES string of the molecule is Cc1cccc(NC(=O)NCC(=O)N2CCCC2)c1C(=O)N1CCCC1. The molecule has 0 aromatic heterocycles. The number of carbonyl (C=O) groups is 3. The largest absolute Gasteiger partial charge is 0.341 e. The molecule has 0 unspecified atom stereocenters. The van der Waals surface area contributed by atoms with Crippen LogP contribution in [0.5, 0.6) is 0 Å². The number of nitrogens with zero attached hydrogens (tertiary/aromatic N) is 2. The van der Waals surface area contributed by atoms with Crippen molar-refractivity contribution in [2.75, 3.05) is 38.0 Å². The van der Waals surface area contributed by atoms with Crippen LogP contribution in [0.25, 0.3) is 0 Å². The average Bonchev–Trinajstić information content (AvgIpc) is 3.32. The quantitative estimate of drug-likeness (QED) is 0.863. The maximum Gasteiger partial charge on any atom is 0.319 e. The van der Waals surface area contributed by atoms with E-state index in [1.807, 2.05) is 17.9 Å². The van der Waals surface area contributed by atoms with Crippen LogP contribution in [0.2, 0.25) is 0 Å². The number of likely N-dealkylation sites (tertiary alicyclic amines) is 2. The van der Waals surface area contributed by atoms with Gasteiger partial charge in [0, 0.05) is 26.2 Å². The first-order valence-corrected chi connectivity index (χ1v) is 9.28. The Kier molecular flexibility index (Phi) is 5.75. The summed E-state index contributed by atoms with van der Waals surface area (Å²) in [7, 11) is 0. The van der Waals surface area contributed by atoms with Crippen LogP contribution in [0.3, 0.4) is 0 Å². The number of hydrogen-bond donors (Lipinski definition) is 2. The molecular formula is C19H26N4O3. The van der Waals surface area contributed by atoms with Gasteiger partial charge in [0.25, 0.3) is 5.91 Å². The molecule has 2 fully saturated rings. The smallest absolute Gasteiger partial charge is 0.319 e. The number of carbonyl (C=O) groups excluding carboxylic acids is 3. The third-order valence-electron chi connectivity index (χ3n) is 4.99. The Bertz CT molecular complexity index is 692. The van der Waals surface area contributed by atoms with Crippen LogP contribution in [0, 0.1) is 6.92 Å². The first-order chi connectivity index (χ1) is 12.6. The van der Waals surface area contributed by atoms with Gasteiger partial charge in [0.2, 0.25) is 5.91 Å². The lowest BCUT2D eigenvalue weighted by molar-refractivity contribution is -0.128. The molecule has 2 aliphatic heterocycles. The molecule has 4 amide bonds. The lowest BCUT2D eigenvalue weighted by Gasteiger charge is -2.20. The van der Waals surface area contributed by atoms with Gasteiger partial charge in [0.15, 0.2) is 0 Å². The third kappa shape index (κ3) is 4.15. The maximum absolute atomic E-state index is 12.8. The monoisotopic (exact) mass is 358 g/mol. The molecule has 0 atom stereocenters. The van der Waals surface area contributed by atoms with Crippen molar-refractivity contribution >= 4 is 23.5 Å². The molecule has 2 saturated heterocycles. The molecule has 0 bridgehead atoms. The van der Waals surface area contributed by atoms with Gasteiger partial charge in [0.05, 0.1) is 17.8 Å². The molecule has 26 heavy (non-hydrogen) atoms. The number of urea groups is 1. The van der Waals surface area contributed by atoms with Gasteiger partial charge in [-0.05, 0) is 44.2 Å². The van der Waals surface area contributed by atoms with Gasteiger partial charge in [-0.15, -0.1) is 0 Å². The first kappa shape index (κ1) is 18.2. The fourth-order valence-electron chi connectivity index (χ4n) is 3.53. The highest BCUT2D eigenvalue weighted by atomic mass is 16.2. The first-order valence-electron chi connectivity index (χ1n) is 9.28.